The van der Waals surface area contributed by atoms with E-state index in [9.17, 15) is 13.2 Å². The molecule has 1 aliphatic carbocycles. The van der Waals surface area contributed by atoms with E-state index in [1.54, 1.807) is 4.90 Å². The average Bonchev–Trinajstić information content (AvgIpc) is 2.90. The molecule has 2 fully saturated rings. The smallest absolute Gasteiger partial charge is 0.275 e. The van der Waals surface area contributed by atoms with Crippen LogP contribution in [0, 0.1) is 0 Å². The van der Waals surface area contributed by atoms with Crippen LogP contribution >= 0.6 is 10.7 Å². The van der Waals surface area contributed by atoms with E-state index in [1.165, 1.54) is 0 Å². The highest BCUT2D eigenvalue weighted by Crippen LogP contribution is 2.43. The molecular formula is C11H14ClN3O3S. The Kier molecular flexibility index (Phi) is 3.05. The van der Waals surface area contributed by atoms with E-state index in [-0.39, 0.29) is 22.4 Å². The summed E-state index contributed by atoms with van der Waals surface area (Å²) in [6.45, 7) is 1.29. The number of amides is 1. The van der Waals surface area contributed by atoms with Gasteiger partial charge in [-0.25, -0.2) is 8.42 Å². The summed E-state index contributed by atoms with van der Waals surface area (Å²) in [5.41, 5.74) is 0.427. The molecule has 1 aromatic heterocycles. The minimum Gasteiger partial charge on any atom is -0.337 e. The first-order valence-corrected chi connectivity index (χ1v) is 8.61. The number of H-pyrrole nitrogens is 1. The molecule has 0 radical (unpaired) electrons. The van der Waals surface area contributed by atoms with Crippen molar-refractivity contribution in [3.8, 4) is 0 Å². The van der Waals surface area contributed by atoms with E-state index in [0.29, 0.717) is 18.8 Å². The number of hydrogen-bond donors (Lipinski definition) is 1. The van der Waals surface area contributed by atoms with Gasteiger partial charge in [0.1, 0.15) is 4.90 Å². The molecule has 6 nitrogen and oxygen atoms in total. The zero-order valence-corrected chi connectivity index (χ0v) is 11.8. The molecule has 3 rings (SSSR count). The Hall–Kier alpha value is -1.08. The highest BCUT2D eigenvalue weighted by Gasteiger charge is 2.37. The first-order valence-electron chi connectivity index (χ1n) is 6.30. The second kappa shape index (κ2) is 4.49. The molecule has 0 spiro atoms. The minimum absolute atomic E-state index is 0.0567. The number of carbonyl (C=O) groups is 1. The van der Waals surface area contributed by atoms with Gasteiger partial charge in [0.05, 0.1) is 5.69 Å². The molecule has 8 heteroatoms. The molecule has 1 N–H and O–H groups in total. The van der Waals surface area contributed by atoms with Gasteiger partial charge in [0.15, 0.2) is 5.69 Å². The Morgan fingerprint density at radius 2 is 1.95 bits per heavy atom. The van der Waals surface area contributed by atoms with E-state index in [2.05, 4.69) is 10.2 Å². The van der Waals surface area contributed by atoms with Crippen LogP contribution in [-0.4, -0.2) is 42.5 Å². The zero-order chi connectivity index (χ0) is 13.6. The number of aromatic amines is 1. The fourth-order valence-electron chi connectivity index (χ4n) is 2.46. The van der Waals surface area contributed by atoms with Crippen molar-refractivity contribution in [1.29, 1.82) is 0 Å². The van der Waals surface area contributed by atoms with Crippen LogP contribution in [0.4, 0.5) is 0 Å². The summed E-state index contributed by atoms with van der Waals surface area (Å²) in [4.78, 5) is 13.8. The van der Waals surface area contributed by atoms with Crippen LogP contribution in [0.25, 0.3) is 0 Å². The monoisotopic (exact) mass is 303 g/mol. The predicted octanol–water partition coefficient (Wildman–Crippen LogP) is 1.45. The number of carbonyl (C=O) groups excluding carboxylic acids is 1. The second-order valence-corrected chi connectivity index (χ2v) is 7.53. The summed E-state index contributed by atoms with van der Waals surface area (Å²) >= 11 is 0. The Morgan fingerprint density at radius 3 is 2.47 bits per heavy atom. The summed E-state index contributed by atoms with van der Waals surface area (Å²) in [7, 11) is 1.50. The summed E-state index contributed by atoms with van der Waals surface area (Å²) < 4.78 is 23.4. The third-order valence-electron chi connectivity index (χ3n) is 3.57. The molecule has 19 heavy (non-hydrogen) atoms. The van der Waals surface area contributed by atoms with Crippen molar-refractivity contribution >= 4 is 25.6 Å². The Bertz CT molecular complexity index is 615. The predicted molar refractivity (Wildman–Crippen MR) is 68.7 cm³/mol. The number of nitrogens with zero attached hydrogens (tertiary/aromatic N) is 2. The molecule has 0 aromatic carbocycles. The van der Waals surface area contributed by atoms with Crippen LogP contribution in [0.15, 0.2) is 4.90 Å². The molecule has 1 amide bonds. The van der Waals surface area contributed by atoms with Crippen LogP contribution in [0.1, 0.15) is 47.8 Å². The van der Waals surface area contributed by atoms with Gasteiger partial charge in [-0.3, -0.25) is 9.89 Å². The zero-order valence-electron chi connectivity index (χ0n) is 10.2. The van der Waals surface area contributed by atoms with Gasteiger partial charge in [-0.2, -0.15) is 5.10 Å². The quantitative estimate of drug-likeness (QED) is 0.857. The Balaban J connectivity index is 2.03. The van der Waals surface area contributed by atoms with E-state index < -0.39 is 9.05 Å². The van der Waals surface area contributed by atoms with Gasteiger partial charge >= 0.3 is 0 Å². The van der Waals surface area contributed by atoms with Gasteiger partial charge in [-0.1, -0.05) is 0 Å². The van der Waals surface area contributed by atoms with E-state index in [4.69, 9.17) is 10.7 Å². The Morgan fingerprint density at radius 1 is 1.32 bits per heavy atom. The van der Waals surface area contributed by atoms with Gasteiger partial charge in [0, 0.05) is 29.7 Å². The molecule has 104 valence electrons. The van der Waals surface area contributed by atoms with Crippen LogP contribution in [0.3, 0.4) is 0 Å². The maximum absolute atomic E-state index is 12.3. The molecule has 2 heterocycles. The van der Waals surface area contributed by atoms with Crippen molar-refractivity contribution in [2.75, 3.05) is 13.1 Å². The number of aromatic nitrogens is 2. The maximum atomic E-state index is 12.3. The van der Waals surface area contributed by atoms with Gasteiger partial charge in [0.25, 0.3) is 15.0 Å². The SMILES string of the molecule is O=C(c1n[nH]c(C2CC2)c1S(=O)(=O)Cl)N1CCCC1. The first kappa shape index (κ1) is 12.9. The number of hydrogen-bond acceptors (Lipinski definition) is 4. The third-order valence-corrected chi connectivity index (χ3v) is 4.94. The largest absolute Gasteiger partial charge is 0.337 e. The minimum atomic E-state index is -3.97. The summed E-state index contributed by atoms with van der Waals surface area (Å²) in [5, 5.41) is 6.59. The third kappa shape index (κ3) is 2.36. The second-order valence-electron chi connectivity index (χ2n) is 5.03. The molecule has 2 aliphatic rings. The maximum Gasteiger partial charge on any atom is 0.275 e. The lowest BCUT2D eigenvalue weighted by atomic mass is 10.2. The van der Waals surface area contributed by atoms with Crippen LogP contribution < -0.4 is 0 Å². The average molecular weight is 304 g/mol. The molecule has 1 saturated carbocycles. The number of rotatable bonds is 3. The first-order chi connectivity index (χ1) is 8.98. The van der Waals surface area contributed by atoms with Crippen molar-refractivity contribution in [1.82, 2.24) is 15.1 Å². The molecule has 0 atom stereocenters. The van der Waals surface area contributed by atoms with Gasteiger partial charge < -0.3 is 4.90 Å². The Labute approximate surface area is 115 Å². The summed E-state index contributed by atoms with van der Waals surface area (Å²) in [5.74, 6) is -0.212. The van der Waals surface area contributed by atoms with E-state index in [1.807, 2.05) is 0 Å². The van der Waals surface area contributed by atoms with Gasteiger partial charge in [0.2, 0.25) is 0 Å². The van der Waals surface area contributed by atoms with Crippen molar-refractivity contribution < 1.29 is 13.2 Å². The highest BCUT2D eigenvalue weighted by atomic mass is 35.7. The van der Waals surface area contributed by atoms with Crippen molar-refractivity contribution in [2.45, 2.75) is 36.5 Å². The van der Waals surface area contributed by atoms with Crippen molar-refractivity contribution in [3.63, 3.8) is 0 Å². The van der Waals surface area contributed by atoms with E-state index in [0.717, 1.165) is 25.7 Å². The van der Waals surface area contributed by atoms with Crippen LogP contribution in [-0.2, 0) is 9.05 Å². The van der Waals surface area contributed by atoms with Crippen LogP contribution in [0.2, 0.25) is 0 Å². The summed E-state index contributed by atoms with van der Waals surface area (Å²) in [6.07, 6.45) is 3.68. The fraction of sp³-hybridized carbons (Fsp3) is 0.636. The number of nitrogens with one attached hydrogen (secondary N) is 1. The fourth-order valence-corrected chi connectivity index (χ4v) is 3.76. The lowest BCUT2D eigenvalue weighted by Crippen LogP contribution is -2.29. The lowest BCUT2D eigenvalue weighted by Gasteiger charge is -2.13. The highest BCUT2D eigenvalue weighted by molar-refractivity contribution is 8.13. The molecule has 0 bridgehead atoms. The molecule has 1 aromatic rings. The molecular weight excluding hydrogens is 290 g/mol. The molecule has 1 aliphatic heterocycles. The van der Waals surface area contributed by atoms with E-state index >= 15 is 0 Å². The number of likely N-dealkylation sites (tertiary alicyclic amines) is 1. The number of halogens is 1. The van der Waals surface area contributed by atoms with Crippen LogP contribution in [0.5, 0.6) is 0 Å². The van der Waals surface area contributed by atoms with Gasteiger partial charge in [-0.15, -0.1) is 0 Å². The lowest BCUT2D eigenvalue weighted by molar-refractivity contribution is 0.0783. The van der Waals surface area contributed by atoms with Crippen molar-refractivity contribution in [3.05, 3.63) is 11.4 Å². The normalized spacial score (nSPS) is 19.9. The van der Waals surface area contributed by atoms with Crippen molar-refractivity contribution in [2.24, 2.45) is 0 Å². The standard InChI is InChI=1S/C11H14ClN3O3S/c12-19(17,18)10-8(7-3-4-7)13-14-9(10)11(16)15-5-1-2-6-15/h7H,1-6H2,(H,13,14). The van der Waals surface area contributed by atoms with Gasteiger partial charge in [-0.05, 0) is 25.7 Å². The summed E-state index contributed by atoms with van der Waals surface area (Å²) in [6, 6.07) is 0. The molecule has 0 unspecified atom stereocenters. The molecule has 1 saturated heterocycles. The topological polar surface area (TPSA) is 83.1 Å².